The second-order valence-electron chi connectivity index (χ2n) is 5.71. The molecule has 5 heteroatoms. The van der Waals surface area contributed by atoms with Crippen molar-refractivity contribution < 1.29 is 18.3 Å². The number of halogens is 2. The molecule has 1 amide bonds. The number of ether oxygens (including phenoxy) is 1. The van der Waals surface area contributed by atoms with Gasteiger partial charge in [0, 0.05) is 31.0 Å². The number of para-hydroxylation sites is 1. The molecule has 23 heavy (non-hydrogen) atoms. The lowest BCUT2D eigenvalue weighted by atomic mass is 9.93. The molecule has 0 unspecified atom stereocenters. The van der Waals surface area contributed by atoms with E-state index < -0.39 is 17.7 Å². The summed E-state index contributed by atoms with van der Waals surface area (Å²) >= 11 is 0. The molecule has 1 heterocycles. The van der Waals surface area contributed by atoms with Crippen LogP contribution in [0.1, 0.15) is 31.9 Å². The van der Waals surface area contributed by atoms with Gasteiger partial charge in [0.2, 0.25) is 5.91 Å². The van der Waals surface area contributed by atoms with Crippen LogP contribution in [0.15, 0.2) is 42.5 Å². The normalized spacial score (nSPS) is 20.1. The van der Waals surface area contributed by atoms with Gasteiger partial charge in [0.15, 0.2) is 11.6 Å². The molecule has 0 radical (unpaired) electrons. The van der Waals surface area contributed by atoms with Gasteiger partial charge in [-0.3, -0.25) is 4.79 Å². The van der Waals surface area contributed by atoms with Crippen molar-refractivity contribution in [2.75, 3.05) is 4.90 Å². The van der Waals surface area contributed by atoms with Gasteiger partial charge < -0.3 is 9.64 Å². The second kappa shape index (κ2) is 5.99. The van der Waals surface area contributed by atoms with E-state index in [1.807, 2.05) is 31.2 Å². The number of anilines is 1. The molecule has 2 aromatic carbocycles. The summed E-state index contributed by atoms with van der Waals surface area (Å²) in [6, 6.07) is 10.6. The molecule has 3 nitrogen and oxygen atoms in total. The van der Waals surface area contributed by atoms with Gasteiger partial charge in [-0.25, -0.2) is 8.78 Å². The molecule has 2 atom stereocenters. The maximum Gasteiger partial charge on any atom is 0.224 e. The fourth-order valence-corrected chi connectivity index (χ4v) is 3.07. The zero-order valence-corrected chi connectivity index (χ0v) is 12.9. The Morgan fingerprint density at radius 2 is 1.96 bits per heavy atom. The fourth-order valence-electron chi connectivity index (χ4n) is 3.07. The summed E-state index contributed by atoms with van der Waals surface area (Å²) in [6.07, 6.45) is 0.143. The predicted molar refractivity (Wildman–Crippen MR) is 83.4 cm³/mol. The van der Waals surface area contributed by atoms with Gasteiger partial charge in [-0.15, -0.1) is 0 Å². The molecule has 0 spiro atoms. The first-order valence-electron chi connectivity index (χ1n) is 7.48. The first-order valence-corrected chi connectivity index (χ1v) is 7.48. The first-order chi connectivity index (χ1) is 11.0. The molecule has 0 fully saturated rings. The summed E-state index contributed by atoms with van der Waals surface area (Å²) in [5.41, 5.74) is 1.59. The third-order valence-corrected chi connectivity index (χ3v) is 4.04. The van der Waals surface area contributed by atoms with E-state index in [9.17, 15) is 13.6 Å². The lowest BCUT2D eigenvalue weighted by Crippen LogP contribution is -2.42. The first kappa shape index (κ1) is 15.5. The number of benzene rings is 2. The van der Waals surface area contributed by atoms with Gasteiger partial charge in [0.25, 0.3) is 0 Å². The van der Waals surface area contributed by atoms with Gasteiger partial charge in [-0.2, -0.15) is 0 Å². The zero-order valence-electron chi connectivity index (χ0n) is 12.9. The van der Waals surface area contributed by atoms with E-state index in [4.69, 9.17) is 4.74 Å². The molecule has 0 aromatic heterocycles. The Kier molecular flexibility index (Phi) is 4.03. The van der Waals surface area contributed by atoms with Crippen molar-refractivity contribution in [1.29, 1.82) is 0 Å². The van der Waals surface area contributed by atoms with Gasteiger partial charge in [-0.05, 0) is 25.1 Å². The van der Waals surface area contributed by atoms with E-state index in [2.05, 4.69) is 0 Å². The Balaban J connectivity index is 1.97. The Morgan fingerprint density at radius 1 is 1.22 bits per heavy atom. The Hall–Kier alpha value is -2.43. The SMILES string of the molecule is CC(=O)N1c2ccccc2[C@H](Oc2ccc(F)cc2F)C[C@@H]1C. The smallest absolute Gasteiger partial charge is 0.224 e. The molecule has 0 saturated heterocycles. The van der Waals surface area contributed by atoms with Crippen LogP contribution in [0.4, 0.5) is 14.5 Å². The van der Waals surface area contributed by atoms with E-state index in [-0.39, 0.29) is 17.7 Å². The summed E-state index contributed by atoms with van der Waals surface area (Å²) in [7, 11) is 0. The van der Waals surface area contributed by atoms with Gasteiger partial charge in [0.1, 0.15) is 11.9 Å². The number of nitrogens with zero attached hydrogens (tertiary/aromatic N) is 1. The third-order valence-electron chi connectivity index (χ3n) is 4.04. The minimum Gasteiger partial charge on any atom is -0.482 e. The van der Waals surface area contributed by atoms with E-state index in [1.165, 1.54) is 19.1 Å². The van der Waals surface area contributed by atoms with Crippen LogP contribution in [0.25, 0.3) is 0 Å². The predicted octanol–water partition coefficient (Wildman–Crippen LogP) is 4.23. The van der Waals surface area contributed by atoms with Crippen LogP contribution >= 0.6 is 0 Å². The maximum atomic E-state index is 13.9. The van der Waals surface area contributed by atoms with E-state index in [0.29, 0.717) is 6.42 Å². The molecule has 3 rings (SSSR count). The molecule has 0 bridgehead atoms. The van der Waals surface area contributed by atoms with Crippen molar-refractivity contribution in [3.05, 3.63) is 59.7 Å². The molecule has 0 aliphatic carbocycles. The molecule has 120 valence electrons. The quantitative estimate of drug-likeness (QED) is 0.829. The van der Waals surface area contributed by atoms with Crippen molar-refractivity contribution in [3.63, 3.8) is 0 Å². The topological polar surface area (TPSA) is 29.5 Å². The number of carbonyl (C=O) groups is 1. The molecular formula is C18H17F2NO2. The summed E-state index contributed by atoms with van der Waals surface area (Å²) in [5, 5.41) is 0. The zero-order chi connectivity index (χ0) is 16.6. The molecule has 0 saturated carbocycles. The molecule has 1 aliphatic heterocycles. The van der Waals surface area contributed by atoms with Crippen LogP contribution in [0, 0.1) is 11.6 Å². The van der Waals surface area contributed by atoms with Crippen LogP contribution in [0.2, 0.25) is 0 Å². The number of rotatable bonds is 2. The fraction of sp³-hybridized carbons (Fsp3) is 0.278. The standard InChI is InChI=1S/C18H17F2NO2/c1-11-9-18(23-17-8-7-13(19)10-15(17)20)14-5-3-4-6-16(14)21(11)12(2)22/h3-8,10-11,18H,9H2,1-2H3/t11-,18+/m0/s1. The van der Waals surface area contributed by atoms with Crippen LogP contribution in [-0.2, 0) is 4.79 Å². The van der Waals surface area contributed by atoms with Crippen LogP contribution in [0.3, 0.4) is 0 Å². The van der Waals surface area contributed by atoms with Crippen molar-refractivity contribution in [1.82, 2.24) is 0 Å². The molecular weight excluding hydrogens is 300 g/mol. The van der Waals surface area contributed by atoms with Gasteiger partial charge in [0.05, 0.1) is 5.69 Å². The summed E-state index contributed by atoms with van der Waals surface area (Å²) < 4.78 is 32.7. The lowest BCUT2D eigenvalue weighted by molar-refractivity contribution is -0.117. The van der Waals surface area contributed by atoms with Crippen molar-refractivity contribution >= 4 is 11.6 Å². The third kappa shape index (κ3) is 2.91. The summed E-state index contributed by atoms with van der Waals surface area (Å²) in [4.78, 5) is 13.6. The van der Waals surface area contributed by atoms with E-state index >= 15 is 0 Å². The number of hydrogen-bond acceptors (Lipinski definition) is 2. The molecule has 1 aliphatic rings. The minimum atomic E-state index is -0.732. The number of amides is 1. The average molecular weight is 317 g/mol. The van der Waals surface area contributed by atoms with Crippen LogP contribution in [-0.4, -0.2) is 11.9 Å². The highest BCUT2D eigenvalue weighted by molar-refractivity contribution is 5.93. The number of carbonyl (C=O) groups excluding carboxylic acids is 1. The van der Waals surface area contributed by atoms with E-state index in [0.717, 1.165) is 17.3 Å². The Morgan fingerprint density at radius 3 is 2.65 bits per heavy atom. The highest BCUT2D eigenvalue weighted by Crippen LogP contribution is 2.40. The monoisotopic (exact) mass is 317 g/mol. The van der Waals surface area contributed by atoms with Gasteiger partial charge >= 0.3 is 0 Å². The summed E-state index contributed by atoms with van der Waals surface area (Å²) in [5.74, 6) is -1.41. The molecule has 2 aromatic rings. The highest BCUT2D eigenvalue weighted by atomic mass is 19.1. The summed E-state index contributed by atoms with van der Waals surface area (Å²) in [6.45, 7) is 3.45. The largest absolute Gasteiger partial charge is 0.482 e. The Labute approximate surface area is 133 Å². The van der Waals surface area contributed by atoms with Crippen molar-refractivity contribution in [2.24, 2.45) is 0 Å². The number of hydrogen-bond donors (Lipinski definition) is 0. The van der Waals surface area contributed by atoms with Crippen LogP contribution in [0.5, 0.6) is 5.75 Å². The van der Waals surface area contributed by atoms with Crippen LogP contribution < -0.4 is 9.64 Å². The van der Waals surface area contributed by atoms with Gasteiger partial charge in [-0.1, -0.05) is 18.2 Å². The highest BCUT2D eigenvalue weighted by Gasteiger charge is 2.33. The van der Waals surface area contributed by atoms with E-state index in [1.54, 1.807) is 4.90 Å². The number of fused-ring (bicyclic) bond motifs is 1. The average Bonchev–Trinajstić information content (AvgIpc) is 2.49. The Bertz CT molecular complexity index is 748. The second-order valence-corrected chi connectivity index (χ2v) is 5.71. The minimum absolute atomic E-state index is 0.00896. The maximum absolute atomic E-state index is 13.9. The van der Waals surface area contributed by atoms with Crippen molar-refractivity contribution in [3.8, 4) is 5.75 Å². The van der Waals surface area contributed by atoms with Crippen molar-refractivity contribution in [2.45, 2.75) is 32.4 Å². The molecule has 0 N–H and O–H groups in total. The lowest BCUT2D eigenvalue weighted by Gasteiger charge is -2.38.